The molecule has 1 fully saturated rings. The van der Waals surface area contributed by atoms with Crippen LogP contribution < -0.4 is 10.5 Å². The Morgan fingerprint density at radius 3 is 2.55 bits per heavy atom. The van der Waals surface area contributed by atoms with Crippen LogP contribution in [-0.4, -0.2) is 46.4 Å². The molecule has 2 heterocycles. The van der Waals surface area contributed by atoms with Crippen LogP contribution in [0.15, 0.2) is 24.3 Å². The molecule has 1 aliphatic heterocycles. The van der Waals surface area contributed by atoms with Crippen LogP contribution in [-0.2, 0) is 11.2 Å². The Labute approximate surface area is 171 Å². The van der Waals surface area contributed by atoms with Crippen LogP contribution in [0.25, 0.3) is 0 Å². The average molecular weight is 396 g/mol. The van der Waals surface area contributed by atoms with Gasteiger partial charge >= 0.3 is 0 Å². The van der Waals surface area contributed by atoms with Gasteiger partial charge in [0, 0.05) is 36.0 Å². The highest BCUT2D eigenvalue weighted by Gasteiger charge is 2.29. The number of ether oxygens (including phenoxy) is 1. The van der Waals surface area contributed by atoms with Crippen molar-refractivity contribution in [3.05, 3.63) is 52.6 Å². The molecule has 0 saturated carbocycles. The van der Waals surface area contributed by atoms with E-state index in [2.05, 4.69) is 9.97 Å². The largest absolute Gasteiger partial charge is 0.493 e. The molecule has 1 aromatic carbocycles. The fraction of sp³-hybridized carbons (Fsp3) is 0.455. The minimum atomic E-state index is -0.394. The van der Waals surface area contributed by atoms with Crippen LogP contribution in [0.1, 0.15) is 58.8 Å². The van der Waals surface area contributed by atoms with E-state index in [-0.39, 0.29) is 18.2 Å². The molecule has 1 atom stereocenters. The second kappa shape index (κ2) is 9.03. The molecule has 2 N–H and O–H groups in total. The first-order valence-electron chi connectivity index (χ1n) is 10.0. The third-order valence-electron chi connectivity index (χ3n) is 5.28. The SMILES string of the molecule is CCOc1ccccc1C(=O)N1CCC[C@H](c2nc(C)c(CC(N)=O)c(C)n2)C1. The van der Waals surface area contributed by atoms with Gasteiger partial charge in [0.25, 0.3) is 5.91 Å². The van der Waals surface area contributed by atoms with E-state index in [0.717, 1.165) is 35.6 Å². The number of benzene rings is 1. The second-order valence-corrected chi connectivity index (χ2v) is 7.39. The average Bonchev–Trinajstić information content (AvgIpc) is 2.70. The lowest BCUT2D eigenvalue weighted by Crippen LogP contribution is -2.39. The molecular formula is C22H28N4O3. The van der Waals surface area contributed by atoms with Crippen molar-refractivity contribution in [1.29, 1.82) is 0 Å². The van der Waals surface area contributed by atoms with Crippen LogP contribution >= 0.6 is 0 Å². The second-order valence-electron chi connectivity index (χ2n) is 7.39. The Morgan fingerprint density at radius 2 is 1.90 bits per heavy atom. The Morgan fingerprint density at radius 1 is 1.21 bits per heavy atom. The van der Waals surface area contributed by atoms with Crippen LogP contribution in [0.5, 0.6) is 5.75 Å². The van der Waals surface area contributed by atoms with E-state index >= 15 is 0 Å². The van der Waals surface area contributed by atoms with Crippen molar-refractivity contribution >= 4 is 11.8 Å². The number of rotatable bonds is 6. The Hall–Kier alpha value is -2.96. The van der Waals surface area contributed by atoms with Gasteiger partial charge in [-0.15, -0.1) is 0 Å². The maximum Gasteiger partial charge on any atom is 0.257 e. The highest BCUT2D eigenvalue weighted by molar-refractivity contribution is 5.97. The Bertz CT molecular complexity index is 890. The summed E-state index contributed by atoms with van der Waals surface area (Å²) in [6, 6.07) is 7.35. The maximum atomic E-state index is 13.1. The van der Waals surface area contributed by atoms with Gasteiger partial charge in [-0.3, -0.25) is 9.59 Å². The van der Waals surface area contributed by atoms with E-state index in [9.17, 15) is 9.59 Å². The molecule has 1 saturated heterocycles. The van der Waals surface area contributed by atoms with Gasteiger partial charge in [0.05, 0.1) is 18.6 Å². The molecule has 0 radical (unpaired) electrons. The number of hydrogen-bond acceptors (Lipinski definition) is 5. The van der Waals surface area contributed by atoms with Gasteiger partial charge in [-0.05, 0) is 45.7 Å². The number of primary amides is 1. The van der Waals surface area contributed by atoms with Crippen molar-refractivity contribution in [3.8, 4) is 5.75 Å². The summed E-state index contributed by atoms with van der Waals surface area (Å²) in [5.41, 5.74) is 8.25. The highest BCUT2D eigenvalue weighted by atomic mass is 16.5. The number of piperidine rings is 1. The zero-order chi connectivity index (χ0) is 21.0. The maximum absolute atomic E-state index is 13.1. The van der Waals surface area contributed by atoms with Crippen molar-refractivity contribution in [2.75, 3.05) is 19.7 Å². The number of para-hydroxylation sites is 1. The van der Waals surface area contributed by atoms with Gasteiger partial charge in [-0.1, -0.05) is 12.1 Å². The normalized spacial score (nSPS) is 16.5. The van der Waals surface area contributed by atoms with Gasteiger partial charge in [-0.25, -0.2) is 9.97 Å². The lowest BCUT2D eigenvalue weighted by molar-refractivity contribution is -0.117. The molecule has 2 aromatic rings. The molecule has 0 bridgehead atoms. The lowest BCUT2D eigenvalue weighted by atomic mass is 9.95. The fourth-order valence-corrected chi connectivity index (χ4v) is 3.85. The molecular weight excluding hydrogens is 368 g/mol. The summed E-state index contributed by atoms with van der Waals surface area (Å²) in [5, 5.41) is 0. The number of carbonyl (C=O) groups is 2. The summed E-state index contributed by atoms with van der Waals surface area (Å²) < 4.78 is 5.63. The molecule has 7 nitrogen and oxygen atoms in total. The van der Waals surface area contributed by atoms with Crippen molar-refractivity contribution in [3.63, 3.8) is 0 Å². The third-order valence-corrected chi connectivity index (χ3v) is 5.28. The molecule has 1 aliphatic rings. The summed E-state index contributed by atoms with van der Waals surface area (Å²) in [6.07, 6.45) is 1.95. The van der Waals surface area contributed by atoms with Crippen LogP contribution in [0.4, 0.5) is 0 Å². The van der Waals surface area contributed by atoms with E-state index in [0.29, 0.717) is 31.0 Å². The standard InChI is InChI=1S/C22H28N4O3/c1-4-29-19-10-6-5-9-17(19)22(28)26-11-7-8-16(13-26)21-24-14(2)18(12-20(23)27)15(3)25-21/h5-6,9-10,16H,4,7-8,11-13H2,1-3H3,(H2,23,27)/t16-/m0/s1. The van der Waals surface area contributed by atoms with Gasteiger partial charge in [0.15, 0.2) is 0 Å². The molecule has 0 spiro atoms. The van der Waals surface area contributed by atoms with E-state index in [4.69, 9.17) is 10.5 Å². The third kappa shape index (κ3) is 4.72. The van der Waals surface area contributed by atoms with Gasteiger partial charge in [-0.2, -0.15) is 0 Å². The van der Waals surface area contributed by atoms with Crippen LogP contribution in [0, 0.1) is 13.8 Å². The fourth-order valence-electron chi connectivity index (χ4n) is 3.85. The number of aromatic nitrogens is 2. The topological polar surface area (TPSA) is 98.4 Å². The molecule has 1 aromatic heterocycles. The quantitative estimate of drug-likeness (QED) is 0.809. The highest BCUT2D eigenvalue weighted by Crippen LogP contribution is 2.28. The van der Waals surface area contributed by atoms with Crippen molar-refractivity contribution in [2.45, 2.75) is 46.0 Å². The summed E-state index contributed by atoms with van der Waals surface area (Å²) in [7, 11) is 0. The predicted octanol–water partition coefficient (Wildman–Crippen LogP) is 2.54. The van der Waals surface area contributed by atoms with Crippen molar-refractivity contribution < 1.29 is 14.3 Å². The summed E-state index contributed by atoms with van der Waals surface area (Å²) in [5.74, 6) is 0.976. The first kappa shape index (κ1) is 20.8. The van der Waals surface area contributed by atoms with Gasteiger partial charge in [0.1, 0.15) is 11.6 Å². The molecule has 7 heteroatoms. The molecule has 154 valence electrons. The smallest absolute Gasteiger partial charge is 0.257 e. The molecule has 3 rings (SSSR count). The van der Waals surface area contributed by atoms with E-state index in [1.54, 1.807) is 6.07 Å². The van der Waals surface area contributed by atoms with Crippen LogP contribution in [0.2, 0.25) is 0 Å². The zero-order valence-corrected chi connectivity index (χ0v) is 17.3. The van der Waals surface area contributed by atoms with E-state index in [1.807, 2.05) is 43.9 Å². The molecule has 0 aliphatic carbocycles. The monoisotopic (exact) mass is 396 g/mol. The van der Waals surface area contributed by atoms with Gasteiger partial charge < -0.3 is 15.4 Å². The first-order chi connectivity index (χ1) is 13.9. The summed E-state index contributed by atoms with van der Waals surface area (Å²) in [6.45, 7) is 7.43. The Kier molecular flexibility index (Phi) is 6.46. The number of nitrogens with zero attached hydrogens (tertiary/aromatic N) is 3. The number of carbonyl (C=O) groups excluding carboxylic acids is 2. The number of nitrogens with two attached hydrogens (primary N) is 1. The predicted molar refractivity (Wildman–Crippen MR) is 110 cm³/mol. The number of hydrogen-bond donors (Lipinski definition) is 1. The molecule has 29 heavy (non-hydrogen) atoms. The van der Waals surface area contributed by atoms with E-state index in [1.165, 1.54) is 0 Å². The minimum absolute atomic E-state index is 0.0301. The summed E-state index contributed by atoms with van der Waals surface area (Å²) >= 11 is 0. The first-order valence-corrected chi connectivity index (χ1v) is 10.0. The van der Waals surface area contributed by atoms with Crippen LogP contribution in [0.3, 0.4) is 0 Å². The molecule has 2 amide bonds. The lowest BCUT2D eigenvalue weighted by Gasteiger charge is -2.32. The van der Waals surface area contributed by atoms with Crippen molar-refractivity contribution in [2.24, 2.45) is 5.73 Å². The summed E-state index contributed by atoms with van der Waals surface area (Å²) in [4.78, 5) is 35.6. The number of aryl methyl sites for hydroxylation is 2. The zero-order valence-electron chi connectivity index (χ0n) is 17.3. The minimum Gasteiger partial charge on any atom is -0.493 e. The number of likely N-dealkylation sites (tertiary alicyclic amines) is 1. The Balaban J connectivity index is 1.81. The molecule has 0 unspecified atom stereocenters. The number of amides is 2. The van der Waals surface area contributed by atoms with Crippen molar-refractivity contribution in [1.82, 2.24) is 14.9 Å². The van der Waals surface area contributed by atoms with E-state index < -0.39 is 5.91 Å². The van der Waals surface area contributed by atoms with Gasteiger partial charge in [0.2, 0.25) is 5.91 Å².